The summed E-state index contributed by atoms with van der Waals surface area (Å²) < 4.78 is 0. The Balaban J connectivity index is 2.54. The van der Waals surface area contributed by atoms with Gasteiger partial charge in [-0.15, -0.1) is 0 Å². The molecule has 3 N–H and O–H groups in total. The molecule has 5 nitrogen and oxygen atoms in total. The van der Waals surface area contributed by atoms with Gasteiger partial charge >= 0.3 is 0 Å². The second-order valence-corrected chi connectivity index (χ2v) is 4.41. The van der Waals surface area contributed by atoms with Gasteiger partial charge in [0, 0.05) is 24.6 Å². The molecule has 0 saturated carbocycles. The molecule has 1 fully saturated rings. The summed E-state index contributed by atoms with van der Waals surface area (Å²) in [5.41, 5.74) is 5.37. The smallest absolute Gasteiger partial charge is 0.233 e. The molecule has 0 aliphatic carbocycles. The van der Waals surface area contributed by atoms with Crippen LogP contribution in [-0.2, 0) is 4.79 Å². The largest absolute Gasteiger partial charge is 0.409 e. The number of oxime groups is 1. The zero-order valence-corrected chi connectivity index (χ0v) is 8.96. The molecule has 1 saturated heterocycles. The van der Waals surface area contributed by atoms with Crippen molar-refractivity contribution in [2.45, 2.75) is 6.92 Å². The van der Waals surface area contributed by atoms with Crippen molar-refractivity contribution < 1.29 is 10.0 Å². The van der Waals surface area contributed by atoms with Crippen molar-refractivity contribution in [3.63, 3.8) is 0 Å². The minimum Gasteiger partial charge on any atom is -0.409 e. The number of hydrogen-bond acceptors (Lipinski definition) is 4. The molecule has 1 rings (SSSR count). The van der Waals surface area contributed by atoms with Crippen LogP contribution in [0.2, 0.25) is 0 Å². The molecule has 0 aromatic heterocycles. The summed E-state index contributed by atoms with van der Waals surface area (Å²) in [4.78, 5) is 13.5. The van der Waals surface area contributed by atoms with Crippen molar-refractivity contribution in [2.24, 2.45) is 16.8 Å². The van der Waals surface area contributed by atoms with Gasteiger partial charge in [-0.2, -0.15) is 11.8 Å². The van der Waals surface area contributed by atoms with Crippen LogP contribution in [0.5, 0.6) is 0 Å². The van der Waals surface area contributed by atoms with Crippen LogP contribution in [0.4, 0.5) is 0 Å². The first-order chi connectivity index (χ1) is 6.66. The molecule has 1 atom stereocenters. The van der Waals surface area contributed by atoms with Crippen molar-refractivity contribution in [2.75, 3.05) is 24.6 Å². The van der Waals surface area contributed by atoms with Gasteiger partial charge in [0.05, 0.1) is 5.92 Å². The van der Waals surface area contributed by atoms with Crippen LogP contribution in [-0.4, -0.2) is 46.4 Å². The lowest BCUT2D eigenvalue weighted by molar-refractivity contribution is -0.132. The quantitative estimate of drug-likeness (QED) is 0.294. The van der Waals surface area contributed by atoms with Crippen LogP contribution in [0, 0.1) is 5.92 Å². The van der Waals surface area contributed by atoms with Crippen LogP contribution >= 0.6 is 11.8 Å². The number of thioether (sulfide) groups is 1. The average Bonchev–Trinajstić information content (AvgIpc) is 2.27. The number of carbonyl (C=O) groups excluding carboxylic acids is 1. The Hall–Kier alpha value is -0.910. The zero-order valence-electron chi connectivity index (χ0n) is 8.14. The fraction of sp³-hybridized carbons (Fsp3) is 0.750. The van der Waals surface area contributed by atoms with Gasteiger partial charge in [0.15, 0.2) is 5.84 Å². The van der Waals surface area contributed by atoms with E-state index < -0.39 is 5.92 Å². The minimum atomic E-state index is -0.525. The van der Waals surface area contributed by atoms with E-state index in [0.717, 1.165) is 24.6 Å². The van der Waals surface area contributed by atoms with Crippen molar-refractivity contribution in [1.82, 2.24) is 4.90 Å². The van der Waals surface area contributed by atoms with Crippen LogP contribution in [0.15, 0.2) is 5.16 Å². The van der Waals surface area contributed by atoms with E-state index in [-0.39, 0.29) is 11.7 Å². The van der Waals surface area contributed by atoms with E-state index in [2.05, 4.69) is 5.16 Å². The summed E-state index contributed by atoms with van der Waals surface area (Å²) in [6.45, 7) is 3.16. The van der Waals surface area contributed by atoms with Crippen LogP contribution < -0.4 is 5.73 Å². The standard InChI is InChI=1S/C8H15N3O2S/c1-6(7(9)10-13)8(12)11-2-4-14-5-3-11/h6,13H,2-5H2,1H3,(H2,9,10). The summed E-state index contributed by atoms with van der Waals surface area (Å²) in [7, 11) is 0. The zero-order chi connectivity index (χ0) is 10.6. The van der Waals surface area contributed by atoms with Crippen molar-refractivity contribution >= 4 is 23.5 Å². The summed E-state index contributed by atoms with van der Waals surface area (Å²) in [6, 6.07) is 0. The molecule has 1 aliphatic rings. The van der Waals surface area contributed by atoms with Gasteiger partial charge in [-0.25, -0.2) is 0 Å². The van der Waals surface area contributed by atoms with Gasteiger partial charge in [-0.05, 0) is 6.92 Å². The van der Waals surface area contributed by atoms with Gasteiger partial charge in [0.2, 0.25) is 5.91 Å². The highest BCUT2D eigenvalue weighted by Crippen LogP contribution is 2.12. The van der Waals surface area contributed by atoms with Gasteiger partial charge in [0.25, 0.3) is 0 Å². The van der Waals surface area contributed by atoms with E-state index in [4.69, 9.17) is 10.9 Å². The monoisotopic (exact) mass is 217 g/mol. The fourth-order valence-corrected chi connectivity index (χ4v) is 2.17. The molecule has 0 bridgehead atoms. The maximum absolute atomic E-state index is 11.7. The molecule has 6 heteroatoms. The Bertz CT molecular complexity index is 239. The first kappa shape index (κ1) is 11.2. The summed E-state index contributed by atoms with van der Waals surface area (Å²) in [5, 5.41) is 11.3. The van der Waals surface area contributed by atoms with Gasteiger partial charge < -0.3 is 15.8 Å². The molecular weight excluding hydrogens is 202 g/mol. The summed E-state index contributed by atoms with van der Waals surface area (Å²) in [5.74, 6) is 1.33. The first-order valence-electron chi connectivity index (χ1n) is 4.50. The normalized spacial score (nSPS) is 20.6. The molecule has 80 valence electrons. The molecule has 14 heavy (non-hydrogen) atoms. The van der Waals surface area contributed by atoms with Crippen LogP contribution in [0.25, 0.3) is 0 Å². The van der Waals surface area contributed by atoms with Crippen LogP contribution in [0.1, 0.15) is 6.92 Å². The molecule has 1 amide bonds. The Morgan fingerprint density at radius 1 is 1.57 bits per heavy atom. The molecule has 0 radical (unpaired) electrons. The van der Waals surface area contributed by atoms with Crippen molar-refractivity contribution in [3.05, 3.63) is 0 Å². The fourth-order valence-electron chi connectivity index (χ4n) is 1.27. The van der Waals surface area contributed by atoms with E-state index in [0.29, 0.717) is 0 Å². The number of hydrogen-bond donors (Lipinski definition) is 2. The lowest BCUT2D eigenvalue weighted by Crippen LogP contribution is -2.44. The van der Waals surface area contributed by atoms with Crippen molar-refractivity contribution in [3.8, 4) is 0 Å². The second-order valence-electron chi connectivity index (χ2n) is 3.18. The third kappa shape index (κ3) is 2.54. The Morgan fingerprint density at radius 3 is 2.64 bits per heavy atom. The maximum atomic E-state index is 11.7. The lowest BCUT2D eigenvalue weighted by Gasteiger charge is -2.28. The molecular formula is C8H15N3O2S. The third-order valence-corrected chi connectivity index (χ3v) is 3.19. The Kier molecular flexibility index (Phi) is 4.06. The molecule has 0 aromatic carbocycles. The van der Waals surface area contributed by atoms with Gasteiger partial charge in [-0.3, -0.25) is 4.79 Å². The van der Waals surface area contributed by atoms with Crippen molar-refractivity contribution in [1.29, 1.82) is 0 Å². The molecule has 0 aromatic rings. The van der Waals surface area contributed by atoms with Gasteiger partial charge in [0.1, 0.15) is 0 Å². The van der Waals surface area contributed by atoms with Crippen LogP contribution in [0.3, 0.4) is 0 Å². The van der Waals surface area contributed by atoms with E-state index in [1.165, 1.54) is 0 Å². The highest BCUT2D eigenvalue weighted by molar-refractivity contribution is 7.99. The predicted molar refractivity (Wildman–Crippen MR) is 56.5 cm³/mol. The number of amides is 1. The number of nitrogens with two attached hydrogens (primary N) is 1. The molecule has 1 aliphatic heterocycles. The Morgan fingerprint density at radius 2 is 2.14 bits per heavy atom. The summed E-state index contributed by atoms with van der Waals surface area (Å²) in [6.07, 6.45) is 0. The maximum Gasteiger partial charge on any atom is 0.233 e. The lowest BCUT2D eigenvalue weighted by atomic mass is 10.1. The molecule has 0 spiro atoms. The predicted octanol–water partition coefficient (Wildman–Crippen LogP) is -0.0557. The van der Waals surface area contributed by atoms with Gasteiger partial charge in [-0.1, -0.05) is 5.16 Å². The highest BCUT2D eigenvalue weighted by atomic mass is 32.2. The van der Waals surface area contributed by atoms with E-state index in [1.807, 2.05) is 11.8 Å². The van der Waals surface area contributed by atoms with E-state index in [9.17, 15) is 4.79 Å². The highest BCUT2D eigenvalue weighted by Gasteiger charge is 2.24. The first-order valence-corrected chi connectivity index (χ1v) is 5.66. The number of carbonyl (C=O) groups is 1. The average molecular weight is 217 g/mol. The number of rotatable bonds is 2. The van der Waals surface area contributed by atoms with E-state index in [1.54, 1.807) is 11.8 Å². The minimum absolute atomic E-state index is 0.0202. The molecule has 1 heterocycles. The number of nitrogens with zero attached hydrogens (tertiary/aromatic N) is 2. The third-order valence-electron chi connectivity index (χ3n) is 2.25. The SMILES string of the molecule is CC(C(=O)N1CCSCC1)C(N)=NO. The van der Waals surface area contributed by atoms with E-state index >= 15 is 0 Å². The topological polar surface area (TPSA) is 78.9 Å². The Labute approximate surface area is 87.3 Å². The number of amidine groups is 1. The summed E-state index contributed by atoms with van der Waals surface area (Å²) >= 11 is 1.84. The molecule has 1 unspecified atom stereocenters. The second kappa shape index (κ2) is 5.09.